The fourth-order valence-electron chi connectivity index (χ4n) is 1.55. The minimum atomic E-state index is -0.255. The molecule has 0 radical (unpaired) electrons. The van der Waals surface area contributed by atoms with Crippen LogP contribution < -0.4 is 14.4 Å². The van der Waals surface area contributed by atoms with Gasteiger partial charge in [0.15, 0.2) is 11.5 Å². The molecule has 0 heterocycles. The molecule has 0 atom stereocenters. The molecule has 0 aliphatic rings. The fraction of sp³-hybridized carbons (Fsp3) is 0.462. The number of ether oxygens (including phenoxy) is 3. The van der Waals surface area contributed by atoms with Gasteiger partial charge in [0.1, 0.15) is 6.54 Å². The van der Waals surface area contributed by atoms with Crippen LogP contribution in [0.25, 0.3) is 0 Å². The third-order valence-corrected chi connectivity index (χ3v) is 2.48. The van der Waals surface area contributed by atoms with Crippen molar-refractivity contribution < 1.29 is 19.0 Å². The predicted molar refractivity (Wildman–Crippen MR) is 69.4 cm³/mol. The maximum absolute atomic E-state index is 11.4. The Morgan fingerprint density at radius 3 is 2.44 bits per heavy atom. The molecule has 1 aromatic carbocycles. The number of benzene rings is 1. The molecular formula is C13H19NO4. The van der Waals surface area contributed by atoms with Crippen LogP contribution in [0.2, 0.25) is 0 Å². The van der Waals surface area contributed by atoms with Gasteiger partial charge in [0.2, 0.25) is 0 Å². The molecule has 0 saturated heterocycles. The van der Waals surface area contributed by atoms with Gasteiger partial charge in [-0.15, -0.1) is 0 Å². The van der Waals surface area contributed by atoms with E-state index >= 15 is 0 Å². The average molecular weight is 253 g/mol. The second-order valence-corrected chi connectivity index (χ2v) is 3.70. The van der Waals surface area contributed by atoms with Gasteiger partial charge >= 0.3 is 5.97 Å². The van der Waals surface area contributed by atoms with Crippen molar-refractivity contribution in [3.05, 3.63) is 18.2 Å². The van der Waals surface area contributed by atoms with Gasteiger partial charge in [-0.1, -0.05) is 0 Å². The summed E-state index contributed by atoms with van der Waals surface area (Å²) in [5, 5.41) is 0. The number of nitrogens with zero attached hydrogens (tertiary/aromatic N) is 1. The minimum absolute atomic E-state index is 0.198. The molecule has 1 rings (SSSR count). The van der Waals surface area contributed by atoms with Crippen molar-refractivity contribution >= 4 is 11.7 Å². The van der Waals surface area contributed by atoms with Gasteiger partial charge < -0.3 is 19.1 Å². The maximum Gasteiger partial charge on any atom is 0.325 e. The number of carbonyl (C=O) groups excluding carboxylic acids is 1. The zero-order valence-corrected chi connectivity index (χ0v) is 11.2. The molecule has 18 heavy (non-hydrogen) atoms. The lowest BCUT2D eigenvalue weighted by Gasteiger charge is -2.19. The highest BCUT2D eigenvalue weighted by Gasteiger charge is 2.11. The summed E-state index contributed by atoms with van der Waals surface area (Å²) in [7, 11) is 4.98. The van der Waals surface area contributed by atoms with Crippen molar-refractivity contribution in [1.82, 2.24) is 0 Å². The van der Waals surface area contributed by atoms with Crippen molar-refractivity contribution in [3.8, 4) is 11.5 Å². The number of hydrogen-bond donors (Lipinski definition) is 0. The monoisotopic (exact) mass is 253 g/mol. The van der Waals surface area contributed by atoms with Gasteiger partial charge in [0.25, 0.3) is 0 Å². The lowest BCUT2D eigenvalue weighted by Crippen LogP contribution is -2.27. The number of esters is 1. The topological polar surface area (TPSA) is 48.0 Å². The average Bonchev–Trinajstić information content (AvgIpc) is 2.38. The van der Waals surface area contributed by atoms with E-state index in [4.69, 9.17) is 14.2 Å². The Balaban J connectivity index is 2.79. The number of anilines is 1. The van der Waals surface area contributed by atoms with Gasteiger partial charge in [-0.25, -0.2) is 0 Å². The van der Waals surface area contributed by atoms with Crippen LogP contribution in [-0.2, 0) is 9.53 Å². The molecule has 100 valence electrons. The normalized spacial score (nSPS) is 9.78. The first-order chi connectivity index (χ1) is 8.62. The molecule has 0 unspecified atom stereocenters. The summed E-state index contributed by atoms with van der Waals surface area (Å²) in [6, 6.07) is 5.48. The molecule has 5 heteroatoms. The fourth-order valence-corrected chi connectivity index (χ4v) is 1.55. The second-order valence-electron chi connectivity index (χ2n) is 3.70. The predicted octanol–water partition coefficient (Wildman–Crippen LogP) is 1.70. The summed E-state index contributed by atoms with van der Waals surface area (Å²) in [4.78, 5) is 13.2. The van der Waals surface area contributed by atoms with Crippen LogP contribution in [0.3, 0.4) is 0 Å². The standard InChI is InChI=1S/C13H19NO4/c1-5-18-13(15)9-14(2)10-6-7-11(16-3)12(8-10)17-4/h6-8H,5,9H2,1-4H3. The Morgan fingerprint density at radius 2 is 1.89 bits per heavy atom. The minimum Gasteiger partial charge on any atom is -0.493 e. The Labute approximate surface area is 107 Å². The van der Waals surface area contributed by atoms with Gasteiger partial charge in [-0.3, -0.25) is 4.79 Å². The van der Waals surface area contributed by atoms with E-state index in [1.54, 1.807) is 32.1 Å². The van der Waals surface area contributed by atoms with Crippen molar-refractivity contribution in [2.45, 2.75) is 6.92 Å². The highest BCUT2D eigenvalue weighted by Crippen LogP contribution is 2.30. The Bertz CT molecular complexity index is 406. The SMILES string of the molecule is CCOC(=O)CN(C)c1ccc(OC)c(OC)c1. The number of methoxy groups -OCH3 is 2. The molecule has 0 N–H and O–H groups in total. The van der Waals surface area contributed by atoms with Gasteiger partial charge in [0, 0.05) is 18.8 Å². The van der Waals surface area contributed by atoms with E-state index in [1.807, 2.05) is 19.2 Å². The van der Waals surface area contributed by atoms with E-state index in [2.05, 4.69) is 0 Å². The maximum atomic E-state index is 11.4. The van der Waals surface area contributed by atoms with Crippen LogP contribution in [0.5, 0.6) is 11.5 Å². The van der Waals surface area contributed by atoms with Crippen LogP contribution in [0.15, 0.2) is 18.2 Å². The third kappa shape index (κ3) is 3.55. The Kier molecular flexibility index (Phi) is 5.30. The number of rotatable bonds is 6. The lowest BCUT2D eigenvalue weighted by atomic mass is 10.2. The first-order valence-electron chi connectivity index (χ1n) is 5.71. The molecule has 0 aromatic heterocycles. The van der Waals surface area contributed by atoms with E-state index < -0.39 is 0 Å². The molecule has 0 aliphatic heterocycles. The highest BCUT2D eigenvalue weighted by molar-refractivity contribution is 5.76. The second kappa shape index (κ2) is 6.74. The van der Waals surface area contributed by atoms with E-state index in [9.17, 15) is 4.79 Å². The van der Waals surface area contributed by atoms with E-state index in [-0.39, 0.29) is 12.5 Å². The van der Waals surface area contributed by atoms with Crippen LogP contribution in [0.1, 0.15) is 6.92 Å². The number of hydrogen-bond acceptors (Lipinski definition) is 5. The first kappa shape index (κ1) is 14.2. The lowest BCUT2D eigenvalue weighted by molar-refractivity contribution is -0.141. The zero-order valence-electron chi connectivity index (χ0n) is 11.2. The summed E-state index contributed by atoms with van der Waals surface area (Å²) in [6.45, 7) is 2.37. The van der Waals surface area contributed by atoms with Crippen molar-refractivity contribution in [3.63, 3.8) is 0 Å². The summed E-state index contributed by atoms with van der Waals surface area (Å²) in [5.41, 5.74) is 0.862. The molecule has 0 bridgehead atoms. The molecule has 0 aliphatic carbocycles. The van der Waals surface area contributed by atoms with E-state index in [0.717, 1.165) is 5.69 Å². The molecule has 5 nitrogen and oxygen atoms in total. The van der Waals surface area contributed by atoms with Crippen LogP contribution in [0.4, 0.5) is 5.69 Å². The molecule has 1 aromatic rings. The molecular weight excluding hydrogens is 234 g/mol. The quantitative estimate of drug-likeness (QED) is 0.722. The van der Waals surface area contributed by atoms with Crippen molar-refractivity contribution in [2.24, 2.45) is 0 Å². The summed E-state index contributed by atoms with van der Waals surface area (Å²) in [6.07, 6.45) is 0. The zero-order chi connectivity index (χ0) is 13.5. The molecule has 0 fully saturated rings. The van der Waals surface area contributed by atoms with E-state index in [0.29, 0.717) is 18.1 Å². The summed E-state index contributed by atoms with van der Waals surface area (Å²) >= 11 is 0. The molecule has 0 amide bonds. The highest BCUT2D eigenvalue weighted by atomic mass is 16.5. The summed E-state index contributed by atoms with van der Waals surface area (Å²) in [5.74, 6) is 1.03. The van der Waals surface area contributed by atoms with Gasteiger partial charge in [-0.2, -0.15) is 0 Å². The van der Waals surface area contributed by atoms with Crippen molar-refractivity contribution in [2.75, 3.05) is 39.3 Å². The number of carbonyl (C=O) groups is 1. The third-order valence-electron chi connectivity index (χ3n) is 2.48. The molecule has 0 spiro atoms. The van der Waals surface area contributed by atoms with Crippen LogP contribution >= 0.6 is 0 Å². The Morgan fingerprint density at radius 1 is 1.22 bits per heavy atom. The van der Waals surface area contributed by atoms with E-state index in [1.165, 1.54) is 0 Å². The summed E-state index contributed by atoms with van der Waals surface area (Å²) < 4.78 is 15.3. The van der Waals surface area contributed by atoms with Crippen molar-refractivity contribution in [1.29, 1.82) is 0 Å². The molecule has 0 saturated carbocycles. The first-order valence-corrected chi connectivity index (χ1v) is 5.71. The van der Waals surface area contributed by atoms with Gasteiger partial charge in [-0.05, 0) is 19.1 Å². The van der Waals surface area contributed by atoms with Crippen LogP contribution in [-0.4, -0.2) is 40.4 Å². The number of likely N-dealkylation sites (N-methyl/N-ethyl adjacent to an activating group) is 1. The Hall–Kier alpha value is -1.91. The smallest absolute Gasteiger partial charge is 0.325 e. The van der Waals surface area contributed by atoms with Crippen LogP contribution in [0, 0.1) is 0 Å². The largest absolute Gasteiger partial charge is 0.493 e. The van der Waals surface area contributed by atoms with Gasteiger partial charge in [0.05, 0.1) is 20.8 Å².